The number of rotatable bonds is 4. The van der Waals surface area contributed by atoms with Crippen molar-refractivity contribution in [1.82, 2.24) is 4.98 Å². The SMILES string of the molecule is COC(=O)c1ccc2nc(N3CCOC(c4cccc(OC(F)(F)F)c4)C3)oc2c1. The number of esters is 1. The fraction of sp³-hybridized carbons (Fsp3) is 0.300. The number of carbonyl (C=O) groups excluding carboxylic acids is 1. The van der Waals surface area contributed by atoms with E-state index in [2.05, 4.69) is 9.72 Å². The second kappa shape index (κ2) is 7.86. The number of oxazole rings is 1. The molecule has 0 N–H and O–H groups in total. The van der Waals surface area contributed by atoms with Gasteiger partial charge < -0.3 is 23.5 Å². The summed E-state index contributed by atoms with van der Waals surface area (Å²) in [5.41, 5.74) is 1.89. The number of alkyl halides is 3. The Balaban J connectivity index is 1.54. The summed E-state index contributed by atoms with van der Waals surface area (Å²) >= 11 is 0. The third-order valence-corrected chi connectivity index (χ3v) is 4.60. The van der Waals surface area contributed by atoms with Crippen LogP contribution in [0.15, 0.2) is 46.9 Å². The third kappa shape index (κ3) is 4.33. The van der Waals surface area contributed by atoms with Crippen molar-refractivity contribution in [2.24, 2.45) is 0 Å². The Bertz CT molecular complexity index is 1070. The molecule has 0 bridgehead atoms. The van der Waals surface area contributed by atoms with Gasteiger partial charge in [-0.15, -0.1) is 13.2 Å². The highest BCUT2D eigenvalue weighted by Gasteiger charge is 2.32. The van der Waals surface area contributed by atoms with Crippen molar-refractivity contribution < 1.29 is 36.6 Å². The monoisotopic (exact) mass is 422 g/mol. The molecule has 158 valence electrons. The van der Waals surface area contributed by atoms with Crippen LogP contribution in [0.2, 0.25) is 0 Å². The van der Waals surface area contributed by atoms with Gasteiger partial charge in [-0.2, -0.15) is 4.98 Å². The Kier molecular flexibility index (Phi) is 5.25. The maximum Gasteiger partial charge on any atom is 0.573 e. The van der Waals surface area contributed by atoms with Crippen molar-refractivity contribution in [2.75, 3.05) is 31.7 Å². The highest BCUT2D eigenvalue weighted by Crippen LogP contribution is 2.31. The van der Waals surface area contributed by atoms with Gasteiger partial charge in [-0.25, -0.2) is 4.79 Å². The molecule has 4 rings (SSSR count). The molecule has 7 nitrogen and oxygen atoms in total. The van der Waals surface area contributed by atoms with Crippen LogP contribution in [-0.2, 0) is 9.47 Å². The first-order chi connectivity index (χ1) is 14.3. The topological polar surface area (TPSA) is 74.0 Å². The zero-order chi connectivity index (χ0) is 21.3. The van der Waals surface area contributed by atoms with Gasteiger partial charge >= 0.3 is 12.3 Å². The van der Waals surface area contributed by atoms with Gasteiger partial charge in [0.1, 0.15) is 17.4 Å². The van der Waals surface area contributed by atoms with Gasteiger partial charge in [0.25, 0.3) is 6.01 Å². The largest absolute Gasteiger partial charge is 0.573 e. The lowest BCUT2D eigenvalue weighted by atomic mass is 10.1. The zero-order valence-corrected chi connectivity index (χ0v) is 15.8. The molecule has 0 spiro atoms. The molecule has 0 aliphatic carbocycles. The molecule has 1 atom stereocenters. The average Bonchev–Trinajstić information content (AvgIpc) is 3.15. The van der Waals surface area contributed by atoms with Gasteiger partial charge in [0.15, 0.2) is 5.58 Å². The summed E-state index contributed by atoms with van der Waals surface area (Å²) in [6.45, 7) is 1.15. The van der Waals surface area contributed by atoms with Crippen LogP contribution in [0, 0.1) is 0 Å². The van der Waals surface area contributed by atoms with E-state index in [1.165, 1.54) is 25.3 Å². The molecule has 0 saturated carbocycles. The smallest absolute Gasteiger partial charge is 0.465 e. The normalized spacial score (nSPS) is 17.2. The number of morpholine rings is 1. The van der Waals surface area contributed by atoms with Crippen molar-refractivity contribution in [3.8, 4) is 5.75 Å². The summed E-state index contributed by atoms with van der Waals surface area (Å²) in [5.74, 6) is -0.792. The number of benzene rings is 2. The highest BCUT2D eigenvalue weighted by molar-refractivity contribution is 5.93. The summed E-state index contributed by atoms with van der Waals surface area (Å²) < 4.78 is 57.7. The second-order valence-corrected chi connectivity index (χ2v) is 6.60. The number of aromatic nitrogens is 1. The van der Waals surface area contributed by atoms with Crippen LogP contribution in [0.3, 0.4) is 0 Å². The van der Waals surface area contributed by atoms with Gasteiger partial charge in [0.2, 0.25) is 0 Å². The molecule has 1 saturated heterocycles. The van der Waals surface area contributed by atoms with E-state index in [0.29, 0.717) is 47.9 Å². The molecule has 0 amide bonds. The number of carbonyl (C=O) groups is 1. The van der Waals surface area contributed by atoms with Gasteiger partial charge in [-0.3, -0.25) is 0 Å². The van der Waals surface area contributed by atoms with Crippen LogP contribution in [0.4, 0.5) is 19.2 Å². The van der Waals surface area contributed by atoms with Crippen LogP contribution >= 0.6 is 0 Å². The van der Waals surface area contributed by atoms with E-state index in [1.54, 1.807) is 24.3 Å². The van der Waals surface area contributed by atoms with E-state index in [-0.39, 0.29) is 5.75 Å². The number of fused-ring (bicyclic) bond motifs is 1. The van der Waals surface area contributed by atoms with Gasteiger partial charge in [0, 0.05) is 6.54 Å². The Morgan fingerprint density at radius 2 is 2.07 bits per heavy atom. The zero-order valence-electron chi connectivity index (χ0n) is 15.8. The minimum atomic E-state index is -4.76. The predicted octanol–water partition coefficient (Wildman–Crippen LogP) is 4.09. The lowest BCUT2D eigenvalue weighted by Gasteiger charge is -2.32. The fourth-order valence-electron chi connectivity index (χ4n) is 3.23. The molecule has 1 aromatic heterocycles. The standard InChI is InChI=1S/C20H17F3N2O5/c1-27-18(26)13-5-6-15-16(10-13)29-19(24-15)25-7-8-28-17(11-25)12-3-2-4-14(9-12)30-20(21,22)23/h2-6,9-10,17H,7-8,11H2,1H3. The van der Waals surface area contributed by atoms with E-state index < -0.39 is 18.4 Å². The molecule has 1 unspecified atom stereocenters. The minimum Gasteiger partial charge on any atom is -0.465 e. The summed E-state index contributed by atoms with van der Waals surface area (Å²) in [7, 11) is 1.29. The molecule has 1 aliphatic heterocycles. The number of ether oxygens (including phenoxy) is 3. The molecular formula is C20H17F3N2O5. The molecule has 1 fully saturated rings. The summed E-state index contributed by atoms with van der Waals surface area (Å²) in [4.78, 5) is 18.0. The highest BCUT2D eigenvalue weighted by atomic mass is 19.4. The summed E-state index contributed by atoms with van der Waals surface area (Å²) in [6, 6.07) is 10.8. The number of nitrogens with zero attached hydrogens (tertiary/aromatic N) is 2. The second-order valence-electron chi connectivity index (χ2n) is 6.60. The summed E-state index contributed by atoms with van der Waals surface area (Å²) in [5, 5.41) is 0. The average molecular weight is 422 g/mol. The molecule has 30 heavy (non-hydrogen) atoms. The fourth-order valence-corrected chi connectivity index (χ4v) is 3.23. The number of methoxy groups -OCH3 is 1. The van der Waals surface area contributed by atoms with Crippen molar-refractivity contribution in [3.05, 3.63) is 53.6 Å². The predicted molar refractivity (Wildman–Crippen MR) is 99.4 cm³/mol. The van der Waals surface area contributed by atoms with Gasteiger partial charge in [-0.05, 0) is 35.9 Å². The Morgan fingerprint density at radius 3 is 2.83 bits per heavy atom. The molecular weight excluding hydrogens is 405 g/mol. The molecule has 1 aliphatic rings. The van der Waals surface area contributed by atoms with Gasteiger partial charge in [0.05, 0.1) is 25.8 Å². The third-order valence-electron chi connectivity index (χ3n) is 4.60. The quantitative estimate of drug-likeness (QED) is 0.587. The van der Waals surface area contributed by atoms with Crippen molar-refractivity contribution in [1.29, 1.82) is 0 Å². The van der Waals surface area contributed by atoms with Crippen LogP contribution in [0.5, 0.6) is 5.75 Å². The van der Waals surface area contributed by atoms with Crippen molar-refractivity contribution in [2.45, 2.75) is 12.5 Å². The number of hydrogen-bond acceptors (Lipinski definition) is 7. The van der Waals surface area contributed by atoms with E-state index in [1.807, 2.05) is 4.90 Å². The van der Waals surface area contributed by atoms with Crippen LogP contribution in [-0.4, -0.2) is 44.1 Å². The Morgan fingerprint density at radius 1 is 1.23 bits per heavy atom. The maximum absolute atomic E-state index is 12.5. The molecule has 0 radical (unpaired) electrons. The van der Waals surface area contributed by atoms with Crippen LogP contribution < -0.4 is 9.64 Å². The van der Waals surface area contributed by atoms with E-state index in [4.69, 9.17) is 13.9 Å². The minimum absolute atomic E-state index is 0.307. The lowest BCUT2D eigenvalue weighted by molar-refractivity contribution is -0.274. The first-order valence-electron chi connectivity index (χ1n) is 9.03. The lowest BCUT2D eigenvalue weighted by Crippen LogP contribution is -2.38. The van der Waals surface area contributed by atoms with Crippen LogP contribution in [0.1, 0.15) is 22.0 Å². The summed E-state index contributed by atoms with van der Waals surface area (Å²) in [6.07, 6.45) is -5.25. The van der Waals surface area contributed by atoms with Gasteiger partial charge in [-0.1, -0.05) is 12.1 Å². The first-order valence-corrected chi connectivity index (χ1v) is 9.03. The molecule has 2 heterocycles. The van der Waals surface area contributed by atoms with Crippen molar-refractivity contribution in [3.63, 3.8) is 0 Å². The number of anilines is 1. The number of halogens is 3. The first kappa shape index (κ1) is 20.0. The van der Waals surface area contributed by atoms with E-state index in [9.17, 15) is 18.0 Å². The molecule has 3 aromatic rings. The molecule has 10 heteroatoms. The van der Waals surface area contributed by atoms with E-state index >= 15 is 0 Å². The van der Waals surface area contributed by atoms with Crippen LogP contribution in [0.25, 0.3) is 11.1 Å². The Labute approximate surface area is 168 Å². The maximum atomic E-state index is 12.5. The number of hydrogen-bond donors (Lipinski definition) is 0. The van der Waals surface area contributed by atoms with E-state index in [0.717, 1.165) is 0 Å². The van der Waals surface area contributed by atoms with Crippen molar-refractivity contribution >= 4 is 23.1 Å². The Hall–Kier alpha value is -3.27. The molecule has 2 aromatic carbocycles.